The number of benzene rings is 1. The number of amides is 2. The Balaban J connectivity index is 1.77. The lowest BCUT2D eigenvalue weighted by Gasteiger charge is -2.34. The molecule has 1 aliphatic heterocycles. The lowest BCUT2D eigenvalue weighted by molar-refractivity contribution is -0.130. The van der Waals surface area contributed by atoms with Crippen molar-refractivity contribution in [1.29, 1.82) is 0 Å². The van der Waals surface area contributed by atoms with Crippen molar-refractivity contribution < 1.29 is 9.59 Å². The van der Waals surface area contributed by atoms with Gasteiger partial charge in [-0.05, 0) is 17.5 Å². The van der Waals surface area contributed by atoms with E-state index in [1.807, 2.05) is 4.90 Å². The highest BCUT2D eigenvalue weighted by Gasteiger charge is 2.18. The maximum absolute atomic E-state index is 11.3. The number of carbonyl (C=O) groups excluding carboxylic acids is 2. The fourth-order valence-electron chi connectivity index (χ4n) is 2.67. The van der Waals surface area contributed by atoms with Crippen LogP contribution >= 0.6 is 0 Å². The SMILES string of the molecule is CC(=O)NCCc1ccc(CN2CCN(C(C)=O)CC2)cc1. The van der Waals surface area contributed by atoms with Crippen LogP contribution in [0.5, 0.6) is 0 Å². The van der Waals surface area contributed by atoms with E-state index in [9.17, 15) is 9.59 Å². The van der Waals surface area contributed by atoms with Gasteiger partial charge in [0, 0.05) is 53.1 Å². The smallest absolute Gasteiger partial charge is 0.219 e. The first kappa shape index (κ1) is 16.5. The van der Waals surface area contributed by atoms with Crippen molar-refractivity contribution in [3.8, 4) is 0 Å². The van der Waals surface area contributed by atoms with Crippen LogP contribution in [0.25, 0.3) is 0 Å². The molecule has 1 heterocycles. The Kier molecular flexibility index (Phi) is 5.95. The van der Waals surface area contributed by atoms with Gasteiger partial charge < -0.3 is 10.2 Å². The number of piperazine rings is 1. The Labute approximate surface area is 132 Å². The molecule has 0 aliphatic carbocycles. The van der Waals surface area contributed by atoms with Crippen LogP contribution in [0.4, 0.5) is 0 Å². The van der Waals surface area contributed by atoms with Gasteiger partial charge in [0.2, 0.25) is 11.8 Å². The molecular weight excluding hydrogens is 278 g/mol. The number of hydrogen-bond donors (Lipinski definition) is 1. The highest BCUT2D eigenvalue weighted by molar-refractivity contribution is 5.73. The molecule has 1 fully saturated rings. The van der Waals surface area contributed by atoms with Gasteiger partial charge in [0.15, 0.2) is 0 Å². The van der Waals surface area contributed by atoms with Gasteiger partial charge in [-0.3, -0.25) is 14.5 Å². The summed E-state index contributed by atoms with van der Waals surface area (Å²) in [6, 6.07) is 8.56. The van der Waals surface area contributed by atoms with Gasteiger partial charge in [-0.15, -0.1) is 0 Å². The fraction of sp³-hybridized carbons (Fsp3) is 0.529. The van der Waals surface area contributed by atoms with Crippen molar-refractivity contribution >= 4 is 11.8 Å². The highest BCUT2D eigenvalue weighted by atomic mass is 16.2. The van der Waals surface area contributed by atoms with Crippen LogP contribution in [0.1, 0.15) is 25.0 Å². The molecule has 5 heteroatoms. The molecule has 2 amide bonds. The van der Waals surface area contributed by atoms with Crippen LogP contribution < -0.4 is 5.32 Å². The molecule has 0 spiro atoms. The zero-order valence-electron chi connectivity index (χ0n) is 13.5. The first-order valence-electron chi connectivity index (χ1n) is 7.85. The van der Waals surface area contributed by atoms with Gasteiger partial charge in [0.25, 0.3) is 0 Å². The van der Waals surface area contributed by atoms with E-state index in [1.165, 1.54) is 18.1 Å². The number of rotatable bonds is 5. The van der Waals surface area contributed by atoms with E-state index in [4.69, 9.17) is 0 Å². The first-order valence-corrected chi connectivity index (χ1v) is 7.85. The van der Waals surface area contributed by atoms with E-state index in [1.54, 1.807) is 6.92 Å². The van der Waals surface area contributed by atoms with E-state index >= 15 is 0 Å². The number of nitrogens with one attached hydrogen (secondary N) is 1. The standard InChI is InChI=1S/C17H25N3O2/c1-14(21)18-8-7-16-3-5-17(6-4-16)13-19-9-11-20(12-10-19)15(2)22/h3-6H,7-13H2,1-2H3,(H,18,21). The first-order chi connectivity index (χ1) is 10.5. The molecule has 2 rings (SSSR count). The molecule has 1 N–H and O–H groups in total. The number of hydrogen-bond acceptors (Lipinski definition) is 3. The largest absolute Gasteiger partial charge is 0.356 e. The minimum absolute atomic E-state index is 0.0151. The van der Waals surface area contributed by atoms with Crippen molar-refractivity contribution in [1.82, 2.24) is 15.1 Å². The van der Waals surface area contributed by atoms with E-state index < -0.39 is 0 Å². The molecule has 0 unspecified atom stereocenters. The van der Waals surface area contributed by atoms with E-state index in [0.717, 1.165) is 39.1 Å². The van der Waals surface area contributed by atoms with Crippen molar-refractivity contribution in [2.24, 2.45) is 0 Å². The molecule has 5 nitrogen and oxygen atoms in total. The van der Waals surface area contributed by atoms with E-state index in [2.05, 4.69) is 34.5 Å². The Morgan fingerprint density at radius 2 is 1.59 bits per heavy atom. The molecular formula is C17H25N3O2. The normalized spacial score (nSPS) is 15.6. The second kappa shape index (κ2) is 7.94. The Morgan fingerprint density at radius 1 is 1.00 bits per heavy atom. The summed E-state index contributed by atoms with van der Waals surface area (Å²) in [6.07, 6.45) is 0.858. The summed E-state index contributed by atoms with van der Waals surface area (Å²) in [7, 11) is 0. The molecule has 1 aliphatic rings. The Bertz CT molecular complexity index is 505. The van der Waals surface area contributed by atoms with Gasteiger partial charge in [0.1, 0.15) is 0 Å². The summed E-state index contributed by atoms with van der Waals surface area (Å²) >= 11 is 0. The quantitative estimate of drug-likeness (QED) is 0.884. The highest BCUT2D eigenvalue weighted by Crippen LogP contribution is 2.10. The van der Waals surface area contributed by atoms with Crippen molar-refractivity contribution in [2.75, 3.05) is 32.7 Å². The van der Waals surface area contributed by atoms with Crippen LogP contribution in [0, 0.1) is 0 Å². The molecule has 0 atom stereocenters. The molecule has 0 bridgehead atoms. The minimum Gasteiger partial charge on any atom is -0.356 e. The average Bonchev–Trinajstić information content (AvgIpc) is 2.49. The number of nitrogens with zero attached hydrogens (tertiary/aromatic N) is 2. The monoisotopic (exact) mass is 303 g/mol. The van der Waals surface area contributed by atoms with Crippen LogP contribution in [-0.2, 0) is 22.6 Å². The van der Waals surface area contributed by atoms with Crippen molar-refractivity contribution in [3.63, 3.8) is 0 Å². The average molecular weight is 303 g/mol. The molecule has 0 radical (unpaired) electrons. The molecule has 1 aromatic carbocycles. The molecule has 120 valence electrons. The maximum atomic E-state index is 11.3. The summed E-state index contributed by atoms with van der Waals surface area (Å²) < 4.78 is 0. The van der Waals surface area contributed by atoms with Crippen LogP contribution in [-0.4, -0.2) is 54.3 Å². The zero-order chi connectivity index (χ0) is 15.9. The molecule has 1 aromatic rings. The van der Waals surface area contributed by atoms with Gasteiger partial charge in [-0.1, -0.05) is 24.3 Å². The summed E-state index contributed by atoms with van der Waals surface area (Å²) in [6.45, 7) is 8.30. The van der Waals surface area contributed by atoms with E-state index in [0.29, 0.717) is 6.54 Å². The van der Waals surface area contributed by atoms with Crippen LogP contribution in [0.3, 0.4) is 0 Å². The lowest BCUT2D eigenvalue weighted by Crippen LogP contribution is -2.47. The van der Waals surface area contributed by atoms with Gasteiger partial charge in [-0.2, -0.15) is 0 Å². The lowest BCUT2D eigenvalue weighted by atomic mass is 10.1. The molecule has 22 heavy (non-hydrogen) atoms. The fourth-order valence-corrected chi connectivity index (χ4v) is 2.67. The van der Waals surface area contributed by atoms with Gasteiger partial charge in [0.05, 0.1) is 0 Å². The third-order valence-corrected chi connectivity index (χ3v) is 4.03. The van der Waals surface area contributed by atoms with Crippen LogP contribution in [0.15, 0.2) is 24.3 Å². The molecule has 0 aromatic heterocycles. The molecule has 0 saturated carbocycles. The second-order valence-electron chi connectivity index (χ2n) is 5.83. The maximum Gasteiger partial charge on any atom is 0.219 e. The Hall–Kier alpha value is -1.88. The van der Waals surface area contributed by atoms with Crippen LogP contribution in [0.2, 0.25) is 0 Å². The third-order valence-electron chi connectivity index (χ3n) is 4.03. The third kappa shape index (κ3) is 5.15. The predicted octanol–water partition coefficient (Wildman–Crippen LogP) is 1.03. The van der Waals surface area contributed by atoms with Gasteiger partial charge in [-0.25, -0.2) is 0 Å². The topological polar surface area (TPSA) is 52.7 Å². The molecule has 1 saturated heterocycles. The predicted molar refractivity (Wildman–Crippen MR) is 86.4 cm³/mol. The zero-order valence-corrected chi connectivity index (χ0v) is 13.5. The summed E-state index contributed by atoms with van der Waals surface area (Å²) in [5.41, 5.74) is 2.53. The summed E-state index contributed by atoms with van der Waals surface area (Å²) in [5.74, 6) is 0.185. The Morgan fingerprint density at radius 3 is 2.14 bits per heavy atom. The van der Waals surface area contributed by atoms with Gasteiger partial charge >= 0.3 is 0 Å². The van der Waals surface area contributed by atoms with Crippen molar-refractivity contribution in [3.05, 3.63) is 35.4 Å². The number of carbonyl (C=O) groups is 2. The summed E-state index contributed by atoms with van der Waals surface area (Å²) in [4.78, 5) is 26.4. The minimum atomic E-state index is 0.0151. The van der Waals surface area contributed by atoms with Crippen molar-refractivity contribution in [2.45, 2.75) is 26.8 Å². The second-order valence-corrected chi connectivity index (χ2v) is 5.83. The van der Waals surface area contributed by atoms with E-state index in [-0.39, 0.29) is 11.8 Å². The summed E-state index contributed by atoms with van der Waals surface area (Å²) in [5, 5.41) is 2.81.